The van der Waals surface area contributed by atoms with Crippen LogP contribution in [-0.2, 0) is 20.9 Å². The Kier molecular flexibility index (Phi) is 14.7. The van der Waals surface area contributed by atoms with Crippen LogP contribution < -0.4 is 4.57 Å². The van der Waals surface area contributed by atoms with E-state index in [-0.39, 0.29) is 11.1 Å². The third kappa shape index (κ3) is 14.6. The number of pyridine rings is 1. The highest BCUT2D eigenvalue weighted by molar-refractivity contribution is 6.00. The van der Waals surface area contributed by atoms with Crippen LogP contribution >= 0.6 is 0 Å². The second-order valence-electron chi connectivity index (χ2n) is 6.83. The van der Waals surface area contributed by atoms with Gasteiger partial charge in [-0.3, -0.25) is 0 Å². The van der Waals surface area contributed by atoms with Gasteiger partial charge >= 0.3 is 11.9 Å². The summed E-state index contributed by atoms with van der Waals surface area (Å²) in [6, 6.07) is 6.28. The first-order chi connectivity index (χ1) is 12.9. The van der Waals surface area contributed by atoms with E-state index in [1.807, 2.05) is 0 Å². The molecule has 0 radical (unpaired) electrons. The van der Waals surface area contributed by atoms with E-state index >= 15 is 0 Å². The zero-order valence-electron chi connectivity index (χ0n) is 17.3. The van der Waals surface area contributed by atoms with Gasteiger partial charge in [-0.25, -0.2) is 14.2 Å². The van der Waals surface area contributed by atoms with Crippen LogP contribution in [0.3, 0.4) is 0 Å². The monoisotopic (exact) mass is 374 g/mol. The van der Waals surface area contributed by atoms with Gasteiger partial charge in [0.25, 0.3) is 0 Å². The molecule has 0 spiro atoms. The lowest BCUT2D eigenvalue weighted by atomic mass is 10.1. The fraction of sp³-hybridized carbons (Fsp3) is 0.522. The fourth-order valence-corrected chi connectivity index (χ4v) is 2.27. The molecule has 1 aromatic heterocycles. The largest absolute Gasteiger partial charge is 0.386 e. The van der Waals surface area contributed by atoms with Crippen molar-refractivity contribution in [2.75, 3.05) is 0 Å². The zero-order chi connectivity index (χ0) is 20.5. The summed E-state index contributed by atoms with van der Waals surface area (Å²) >= 11 is 0. The number of esters is 2. The number of nitrogens with zero attached hydrogens (tertiary/aromatic N) is 1. The van der Waals surface area contributed by atoms with Crippen molar-refractivity contribution in [3.8, 4) is 0 Å². The Labute approximate surface area is 164 Å². The minimum absolute atomic E-state index is 0.194. The summed E-state index contributed by atoms with van der Waals surface area (Å²) in [4.78, 5) is 21.3. The molecule has 0 aliphatic carbocycles. The zero-order valence-corrected chi connectivity index (χ0v) is 17.3. The summed E-state index contributed by atoms with van der Waals surface area (Å²) in [7, 11) is 0. The van der Waals surface area contributed by atoms with Crippen LogP contribution in [0, 0.1) is 0 Å². The molecule has 0 aromatic carbocycles. The smallest absolute Gasteiger partial charge is 0.340 e. The van der Waals surface area contributed by atoms with Gasteiger partial charge in [0.05, 0.1) is 0 Å². The number of ether oxygens (including phenoxy) is 1. The van der Waals surface area contributed by atoms with E-state index in [1.54, 1.807) is 0 Å². The number of carbonyl (C=O) groups is 2. The number of aromatic nitrogens is 1. The van der Waals surface area contributed by atoms with Crippen molar-refractivity contribution in [2.45, 2.75) is 78.7 Å². The molecule has 0 N–H and O–H groups in total. The van der Waals surface area contributed by atoms with Crippen LogP contribution in [0.2, 0.25) is 0 Å². The van der Waals surface area contributed by atoms with Gasteiger partial charge in [0.2, 0.25) is 0 Å². The molecule has 0 unspecified atom stereocenters. The van der Waals surface area contributed by atoms with Crippen molar-refractivity contribution >= 4 is 11.9 Å². The molecule has 1 rings (SSSR count). The molecule has 0 fully saturated rings. The molecular weight excluding hydrogens is 338 g/mol. The average Bonchev–Trinajstić information content (AvgIpc) is 2.65. The summed E-state index contributed by atoms with van der Waals surface area (Å²) in [5, 5.41) is 0. The first-order valence-electron chi connectivity index (χ1n) is 9.90. The summed E-state index contributed by atoms with van der Waals surface area (Å²) in [6.45, 7) is 13.0. The average molecular weight is 375 g/mol. The van der Waals surface area contributed by atoms with Gasteiger partial charge in [0, 0.05) is 29.7 Å². The number of rotatable bonds is 11. The van der Waals surface area contributed by atoms with Gasteiger partial charge in [0.1, 0.15) is 6.54 Å². The summed E-state index contributed by atoms with van der Waals surface area (Å²) in [5.41, 5.74) is 0.388. The van der Waals surface area contributed by atoms with Crippen LogP contribution in [0.25, 0.3) is 0 Å². The second kappa shape index (κ2) is 16.0. The molecule has 0 amide bonds. The van der Waals surface area contributed by atoms with Crippen LogP contribution in [-0.4, -0.2) is 11.9 Å². The third-order valence-corrected chi connectivity index (χ3v) is 3.93. The quantitative estimate of drug-likeness (QED) is 0.173. The molecule has 4 nitrogen and oxygen atoms in total. The van der Waals surface area contributed by atoms with Gasteiger partial charge in [-0.15, -0.1) is 0 Å². The van der Waals surface area contributed by atoms with Crippen molar-refractivity contribution in [3.05, 3.63) is 54.9 Å². The molecule has 4 heteroatoms. The minimum atomic E-state index is -0.710. The standard InChI is InChI=1S/C15H26N.C8H10O3/c1-2-3-4-5-6-7-8-10-13-16-14-11-9-12-15-16;1-5(2)7(9)11-8(10)6(3)4/h9,11-12,14-15H,2-8,10,13H2,1H3;1,3H2,2,4H3/q+1;. The maximum atomic E-state index is 10.7. The van der Waals surface area contributed by atoms with E-state index in [2.05, 4.69) is 60.0 Å². The lowest BCUT2D eigenvalue weighted by molar-refractivity contribution is -0.697. The van der Waals surface area contributed by atoms with Gasteiger partial charge in [-0.2, -0.15) is 0 Å². The lowest BCUT2D eigenvalue weighted by Gasteiger charge is -2.00. The van der Waals surface area contributed by atoms with Crippen molar-refractivity contribution in [1.82, 2.24) is 0 Å². The van der Waals surface area contributed by atoms with E-state index in [0.717, 1.165) is 0 Å². The SMILES string of the molecule is C=C(C)C(=O)OC(=O)C(=C)C.CCCCCCCCCC[n+]1ccccc1. The van der Waals surface area contributed by atoms with Gasteiger partial charge < -0.3 is 4.74 Å². The Morgan fingerprint density at radius 2 is 1.22 bits per heavy atom. The molecule has 0 aliphatic heterocycles. The number of hydrogen-bond acceptors (Lipinski definition) is 3. The number of hydrogen-bond donors (Lipinski definition) is 0. The Morgan fingerprint density at radius 1 is 0.778 bits per heavy atom. The van der Waals surface area contributed by atoms with Gasteiger partial charge in [0.15, 0.2) is 12.4 Å². The second-order valence-corrected chi connectivity index (χ2v) is 6.83. The summed E-state index contributed by atoms with van der Waals surface area (Å²) < 4.78 is 6.57. The number of aryl methyl sites for hydroxylation is 1. The summed E-state index contributed by atoms with van der Waals surface area (Å²) in [5.74, 6) is -1.42. The number of unbranched alkanes of at least 4 members (excludes halogenated alkanes) is 7. The Hall–Kier alpha value is -2.23. The highest BCUT2D eigenvalue weighted by Gasteiger charge is 2.10. The van der Waals surface area contributed by atoms with E-state index < -0.39 is 11.9 Å². The molecule has 1 aromatic rings. The van der Waals surface area contributed by atoms with E-state index in [0.29, 0.717) is 0 Å². The Bertz CT molecular complexity index is 555. The molecule has 1 heterocycles. The first kappa shape index (κ1) is 24.8. The predicted molar refractivity (Wildman–Crippen MR) is 110 cm³/mol. The van der Waals surface area contributed by atoms with Crippen molar-refractivity contribution < 1.29 is 18.9 Å². The normalized spacial score (nSPS) is 9.74. The van der Waals surface area contributed by atoms with Crippen molar-refractivity contribution in [3.63, 3.8) is 0 Å². The molecule has 0 bridgehead atoms. The molecule has 0 saturated heterocycles. The van der Waals surface area contributed by atoms with Crippen LogP contribution in [0.15, 0.2) is 54.9 Å². The predicted octanol–water partition coefficient (Wildman–Crippen LogP) is 5.32. The molecule has 150 valence electrons. The highest BCUT2D eigenvalue weighted by Crippen LogP contribution is 2.08. The van der Waals surface area contributed by atoms with E-state index in [4.69, 9.17) is 0 Å². The van der Waals surface area contributed by atoms with Gasteiger partial charge in [-0.1, -0.05) is 64.7 Å². The van der Waals surface area contributed by atoms with Crippen LogP contribution in [0.1, 0.15) is 72.1 Å². The van der Waals surface area contributed by atoms with Gasteiger partial charge in [-0.05, 0) is 20.3 Å². The maximum absolute atomic E-state index is 10.7. The molecule has 0 atom stereocenters. The van der Waals surface area contributed by atoms with Crippen LogP contribution in [0.4, 0.5) is 0 Å². The molecule has 0 aliphatic rings. The third-order valence-electron chi connectivity index (χ3n) is 3.93. The lowest BCUT2D eigenvalue weighted by Crippen LogP contribution is -2.32. The first-order valence-corrected chi connectivity index (χ1v) is 9.90. The van der Waals surface area contributed by atoms with Crippen molar-refractivity contribution in [2.24, 2.45) is 0 Å². The molecule has 27 heavy (non-hydrogen) atoms. The van der Waals surface area contributed by atoms with Crippen molar-refractivity contribution in [1.29, 1.82) is 0 Å². The molecular formula is C23H36NO3+. The Morgan fingerprint density at radius 3 is 1.67 bits per heavy atom. The topological polar surface area (TPSA) is 47.3 Å². The maximum Gasteiger partial charge on any atom is 0.340 e. The van der Waals surface area contributed by atoms with E-state index in [1.165, 1.54) is 71.8 Å². The highest BCUT2D eigenvalue weighted by atomic mass is 16.6. The number of carbonyl (C=O) groups excluding carboxylic acids is 2. The summed E-state index contributed by atoms with van der Waals surface area (Å²) in [6.07, 6.45) is 15.5. The fourth-order valence-electron chi connectivity index (χ4n) is 2.27. The Balaban J connectivity index is 0.000000541. The van der Waals surface area contributed by atoms with Crippen LogP contribution in [0.5, 0.6) is 0 Å². The van der Waals surface area contributed by atoms with E-state index in [9.17, 15) is 9.59 Å². The molecule has 0 saturated carbocycles. The minimum Gasteiger partial charge on any atom is -0.386 e.